The normalized spacial score (nSPS) is 15.8. The van der Waals surface area contributed by atoms with Crippen molar-refractivity contribution in [1.82, 2.24) is 4.98 Å². The first-order valence-electron chi connectivity index (χ1n) is 4.18. The first-order chi connectivity index (χ1) is 5.77. The Labute approximate surface area is 77.1 Å². The third-order valence-electron chi connectivity index (χ3n) is 2.30. The van der Waals surface area contributed by atoms with E-state index in [-0.39, 0.29) is 5.88 Å². The van der Waals surface area contributed by atoms with Crippen LogP contribution in [0, 0.1) is 0 Å². The van der Waals surface area contributed by atoms with E-state index in [2.05, 4.69) is 17.6 Å². The molecule has 1 aromatic heterocycles. The smallest absolute Gasteiger partial charge is 0.212 e. The summed E-state index contributed by atoms with van der Waals surface area (Å²) in [7, 11) is 0. The summed E-state index contributed by atoms with van der Waals surface area (Å²) in [6.07, 6.45) is 4.54. The predicted molar refractivity (Wildman–Crippen MR) is 49.8 cm³/mol. The molecule has 1 N–H and O–H groups in total. The van der Waals surface area contributed by atoms with Crippen molar-refractivity contribution in [2.75, 3.05) is 0 Å². The lowest BCUT2D eigenvalue weighted by molar-refractivity contribution is 0.445. The third kappa shape index (κ3) is 1.29. The summed E-state index contributed by atoms with van der Waals surface area (Å²) in [4.78, 5) is 3.91. The zero-order valence-electron chi connectivity index (χ0n) is 6.75. The molecular formula is C9H11NOS. The van der Waals surface area contributed by atoms with Crippen LogP contribution in [0.15, 0.2) is 11.1 Å². The van der Waals surface area contributed by atoms with Crippen molar-refractivity contribution in [3.8, 4) is 5.88 Å². The number of aromatic nitrogens is 1. The van der Waals surface area contributed by atoms with Gasteiger partial charge in [-0.15, -0.1) is 12.6 Å². The second kappa shape index (κ2) is 2.98. The summed E-state index contributed by atoms with van der Waals surface area (Å²) in [6.45, 7) is 0. The maximum absolute atomic E-state index is 9.21. The number of nitrogens with zero attached hydrogens (tertiary/aromatic N) is 1. The highest BCUT2D eigenvalue weighted by Gasteiger charge is 2.13. The van der Waals surface area contributed by atoms with E-state index < -0.39 is 0 Å². The van der Waals surface area contributed by atoms with Crippen molar-refractivity contribution in [2.24, 2.45) is 0 Å². The van der Waals surface area contributed by atoms with Crippen molar-refractivity contribution < 1.29 is 5.11 Å². The van der Waals surface area contributed by atoms with Crippen molar-refractivity contribution in [3.63, 3.8) is 0 Å². The Morgan fingerprint density at radius 3 is 2.92 bits per heavy atom. The van der Waals surface area contributed by atoms with E-state index in [1.807, 2.05) is 0 Å². The van der Waals surface area contributed by atoms with Gasteiger partial charge in [-0.2, -0.15) is 0 Å². The Morgan fingerprint density at radius 1 is 1.33 bits per heavy atom. The molecule has 2 rings (SSSR count). The lowest BCUT2D eigenvalue weighted by atomic mass is 9.93. The van der Waals surface area contributed by atoms with Crippen LogP contribution in [0.1, 0.15) is 24.0 Å². The highest BCUT2D eigenvalue weighted by atomic mass is 32.1. The van der Waals surface area contributed by atoms with E-state index >= 15 is 0 Å². The van der Waals surface area contributed by atoms with Crippen molar-refractivity contribution in [3.05, 3.63) is 17.2 Å². The molecule has 0 unspecified atom stereocenters. The van der Waals surface area contributed by atoms with Crippen LogP contribution in [-0.2, 0) is 12.8 Å². The van der Waals surface area contributed by atoms with Gasteiger partial charge in [0.2, 0.25) is 5.88 Å². The maximum atomic E-state index is 9.21. The molecule has 0 saturated carbocycles. The summed E-state index contributed by atoms with van der Waals surface area (Å²) < 4.78 is 0. The fourth-order valence-corrected chi connectivity index (χ4v) is 2.07. The first kappa shape index (κ1) is 7.92. The number of pyridine rings is 1. The molecule has 1 heterocycles. The molecule has 0 fully saturated rings. The molecule has 12 heavy (non-hydrogen) atoms. The number of hydrogen-bond donors (Lipinski definition) is 2. The van der Waals surface area contributed by atoms with E-state index in [0.717, 1.165) is 12.8 Å². The molecule has 1 aromatic rings. The Hall–Kier alpha value is -0.700. The van der Waals surface area contributed by atoms with Gasteiger partial charge in [-0.3, -0.25) is 0 Å². The van der Waals surface area contributed by atoms with Crippen LogP contribution >= 0.6 is 12.6 Å². The second-order valence-electron chi connectivity index (χ2n) is 3.15. The fourth-order valence-electron chi connectivity index (χ4n) is 1.71. The van der Waals surface area contributed by atoms with E-state index in [1.165, 1.54) is 24.0 Å². The molecule has 1 aliphatic carbocycles. The van der Waals surface area contributed by atoms with Gasteiger partial charge in [0.1, 0.15) is 5.03 Å². The molecule has 0 aliphatic heterocycles. The van der Waals surface area contributed by atoms with Crippen LogP contribution in [-0.4, -0.2) is 10.1 Å². The molecule has 1 aliphatic rings. The van der Waals surface area contributed by atoms with E-state index in [9.17, 15) is 5.11 Å². The minimum absolute atomic E-state index is 0.0978. The van der Waals surface area contributed by atoms with E-state index in [1.54, 1.807) is 6.07 Å². The zero-order chi connectivity index (χ0) is 8.55. The van der Waals surface area contributed by atoms with Crippen molar-refractivity contribution in [1.29, 1.82) is 0 Å². The van der Waals surface area contributed by atoms with Crippen LogP contribution in [0.3, 0.4) is 0 Å². The Morgan fingerprint density at radius 2 is 2.08 bits per heavy atom. The minimum atomic E-state index is 0.0978. The summed E-state index contributed by atoms with van der Waals surface area (Å²) in [5.41, 5.74) is 2.45. The van der Waals surface area contributed by atoms with Crippen molar-refractivity contribution >= 4 is 12.6 Å². The van der Waals surface area contributed by atoms with Gasteiger partial charge in [0.05, 0.1) is 0 Å². The molecule has 0 bridgehead atoms. The highest BCUT2D eigenvalue weighted by molar-refractivity contribution is 7.80. The molecule has 0 spiro atoms. The summed E-state index contributed by atoms with van der Waals surface area (Å²) >= 11 is 4.23. The lowest BCUT2D eigenvalue weighted by Crippen LogP contribution is -2.04. The van der Waals surface area contributed by atoms with Gasteiger partial charge in [-0.05, 0) is 36.8 Å². The van der Waals surface area contributed by atoms with E-state index in [4.69, 9.17) is 0 Å². The number of thiol groups is 1. The number of aromatic hydroxyl groups is 1. The quantitative estimate of drug-likeness (QED) is 0.600. The predicted octanol–water partition coefficient (Wildman–Crippen LogP) is 1.95. The van der Waals surface area contributed by atoms with Gasteiger partial charge in [-0.25, -0.2) is 4.98 Å². The molecule has 0 amide bonds. The second-order valence-corrected chi connectivity index (χ2v) is 3.57. The number of hydrogen-bond acceptors (Lipinski definition) is 3. The highest BCUT2D eigenvalue weighted by Crippen LogP contribution is 2.27. The standard InChI is InChI=1S/C9H11NOS/c11-8-5-6-3-1-2-4-7(6)9(12)10-8/h5H,1-4H2,(H2,10,11,12). The van der Waals surface area contributed by atoms with Crippen LogP contribution in [0.5, 0.6) is 5.88 Å². The molecule has 2 nitrogen and oxygen atoms in total. The lowest BCUT2D eigenvalue weighted by Gasteiger charge is -2.16. The summed E-state index contributed by atoms with van der Waals surface area (Å²) in [5.74, 6) is 0.0978. The number of aryl methyl sites for hydroxylation is 1. The molecule has 3 heteroatoms. The molecule has 0 saturated heterocycles. The summed E-state index contributed by atoms with van der Waals surface area (Å²) in [5, 5.41) is 9.91. The topological polar surface area (TPSA) is 33.1 Å². The molecule has 0 aromatic carbocycles. The molecular weight excluding hydrogens is 170 g/mol. The van der Waals surface area contributed by atoms with Gasteiger partial charge in [0.15, 0.2) is 0 Å². The van der Waals surface area contributed by atoms with Crippen LogP contribution < -0.4 is 0 Å². The van der Waals surface area contributed by atoms with Gasteiger partial charge < -0.3 is 5.11 Å². The van der Waals surface area contributed by atoms with Gasteiger partial charge in [-0.1, -0.05) is 0 Å². The maximum Gasteiger partial charge on any atom is 0.212 e. The SMILES string of the molecule is Oc1cc2c(c(S)n1)CCCC2. The van der Waals surface area contributed by atoms with Crippen molar-refractivity contribution in [2.45, 2.75) is 30.7 Å². The number of fused-ring (bicyclic) bond motifs is 1. The van der Waals surface area contributed by atoms with Crippen LogP contribution in [0.25, 0.3) is 0 Å². The molecule has 0 radical (unpaired) electrons. The van der Waals surface area contributed by atoms with E-state index in [0.29, 0.717) is 5.03 Å². The Bertz CT molecular complexity index is 312. The van der Waals surface area contributed by atoms with Crippen LogP contribution in [0.2, 0.25) is 0 Å². The van der Waals surface area contributed by atoms with Crippen LogP contribution in [0.4, 0.5) is 0 Å². The monoisotopic (exact) mass is 181 g/mol. The van der Waals surface area contributed by atoms with Gasteiger partial charge in [0.25, 0.3) is 0 Å². The fraction of sp³-hybridized carbons (Fsp3) is 0.444. The average molecular weight is 181 g/mol. The zero-order valence-corrected chi connectivity index (χ0v) is 7.64. The Kier molecular flexibility index (Phi) is 1.97. The van der Waals surface area contributed by atoms with Gasteiger partial charge in [0, 0.05) is 6.07 Å². The molecule has 0 atom stereocenters. The number of rotatable bonds is 0. The molecule has 64 valence electrons. The largest absolute Gasteiger partial charge is 0.493 e. The Balaban J connectivity index is 2.53. The van der Waals surface area contributed by atoms with Gasteiger partial charge >= 0.3 is 0 Å². The average Bonchev–Trinajstić information content (AvgIpc) is 2.04. The summed E-state index contributed by atoms with van der Waals surface area (Å²) in [6, 6.07) is 1.76. The third-order valence-corrected chi connectivity index (χ3v) is 2.67. The minimum Gasteiger partial charge on any atom is -0.493 e. The first-order valence-corrected chi connectivity index (χ1v) is 4.63.